The third kappa shape index (κ3) is 2.15. The number of hydrogen-bond acceptors (Lipinski definition) is 1. The van der Waals surface area contributed by atoms with Gasteiger partial charge in [-0.05, 0) is 29.8 Å². The fourth-order valence-corrected chi connectivity index (χ4v) is 2.84. The molecule has 1 aromatic heterocycles. The van der Waals surface area contributed by atoms with E-state index in [4.69, 9.17) is 11.6 Å². The van der Waals surface area contributed by atoms with E-state index < -0.39 is 0 Å². The summed E-state index contributed by atoms with van der Waals surface area (Å²) in [5, 5.41) is 0.712. The smallest absolute Gasteiger partial charge is 0.220 e. The van der Waals surface area contributed by atoms with Gasteiger partial charge >= 0.3 is 0 Å². The molecule has 1 amide bonds. The van der Waals surface area contributed by atoms with Gasteiger partial charge in [0.05, 0.1) is 6.04 Å². The van der Waals surface area contributed by atoms with Crippen LogP contribution in [0.5, 0.6) is 0 Å². The maximum atomic E-state index is 11.9. The molecule has 3 nitrogen and oxygen atoms in total. The van der Waals surface area contributed by atoms with Gasteiger partial charge in [-0.2, -0.15) is 0 Å². The highest BCUT2D eigenvalue weighted by atomic mass is 35.5. The molecule has 3 rings (SSSR count). The first-order valence-electron chi connectivity index (χ1n) is 6.34. The van der Waals surface area contributed by atoms with Crippen LogP contribution in [0.1, 0.15) is 24.2 Å². The zero-order valence-electron chi connectivity index (χ0n) is 10.7. The lowest BCUT2D eigenvalue weighted by Crippen LogP contribution is -2.41. The molecule has 0 aliphatic carbocycles. The molecule has 98 valence electrons. The van der Waals surface area contributed by atoms with E-state index in [0.29, 0.717) is 5.02 Å². The second-order valence-corrected chi connectivity index (χ2v) is 5.23. The zero-order chi connectivity index (χ0) is 13.4. The van der Waals surface area contributed by atoms with Crippen LogP contribution in [0.15, 0.2) is 42.6 Å². The van der Waals surface area contributed by atoms with Crippen LogP contribution in [0.25, 0.3) is 0 Å². The molecule has 0 fully saturated rings. The van der Waals surface area contributed by atoms with E-state index in [0.717, 1.165) is 24.3 Å². The SMILES string of the molecule is CC(=O)N1CCn2cccc2C1c1ccc(Cl)cc1. The number of fused-ring (bicyclic) bond motifs is 1. The number of benzene rings is 1. The average Bonchev–Trinajstić information content (AvgIpc) is 2.86. The Morgan fingerprint density at radius 2 is 1.95 bits per heavy atom. The first kappa shape index (κ1) is 12.3. The lowest BCUT2D eigenvalue weighted by atomic mass is 10.00. The molecule has 1 aromatic carbocycles. The van der Waals surface area contributed by atoms with Crippen molar-refractivity contribution in [2.24, 2.45) is 0 Å². The van der Waals surface area contributed by atoms with Gasteiger partial charge in [0, 0.05) is 36.9 Å². The van der Waals surface area contributed by atoms with Crippen LogP contribution in [0.3, 0.4) is 0 Å². The lowest BCUT2D eigenvalue weighted by molar-refractivity contribution is -0.131. The second kappa shape index (κ2) is 4.74. The van der Waals surface area contributed by atoms with Crippen molar-refractivity contribution in [2.45, 2.75) is 19.5 Å². The highest BCUT2D eigenvalue weighted by molar-refractivity contribution is 6.30. The van der Waals surface area contributed by atoms with Crippen LogP contribution in [0, 0.1) is 0 Å². The fourth-order valence-electron chi connectivity index (χ4n) is 2.72. The lowest BCUT2D eigenvalue weighted by Gasteiger charge is -2.36. The van der Waals surface area contributed by atoms with Crippen LogP contribution < -0.4 is 0 Å². The van der Waals surface area contributed by atoms with E-state index in [-0.39, 0.29) is 11.9 Å². The average molecular weight is 275 g/mol. The summed E-state index contributed by atoms with van der Waals surface area (Å²) in [6.07, 6.45) is 2.07. The summed E-state index contributed by atoms with van der Waals surface area (Å²) in [5.74, 6) is 0.104. The molecule has 1 aliphatic rings. The molecule has 0 bridgehead atoms. The summed E-state index contributed by atoms with van der Waals surface area (Å²) in [7, 11) is 0. The molecule has 1 unspecified atom stereocenters. The van der Waals surface area contributed by atoms with Crippen LogP contribution in [-0.2, 0) is 11.3 Å². The minimum absolute atomic E-state index is 0.0153. The number of nitrogens with zero attached hydrogens (tertiary/aromatic N) is 2. The van der Waals surface area contributed by atoms with E-state index in [2.05, 4.69) is 16.8 Å². The summed E-state index contributed by atoms with van der Waals surface area (Å²) < 4.78 is 2.21. The van der Waals surface area contributed by atoms with Crippen molar-refractivity contribution in [3.8, 4) is 0 Å². The minimum Gasteiger partial charge on any atom is -0.348 e. The first-order chi connectivity index (χ1) is 9.16. The number of amides is 1. The Kier molecular flexibility index (Phi) is 3.07. The van der Waals surface area contributed by atoms with Gasteiger partial charge in [0.1, 0.15) is 0 Å². The molecule has 0 radical (unpaired) electrons. The van der Waals surface area contributed by atoms with Gasteiger partial charge < -0.3 is 9.47 Å². The van der Waals surface area contributed by atoms with Crippen molar-refractivity contribution in [2.75, 3.05) is 6.54 Å². The summed E-state index contributed by atoms with van der Waals surface area (Å²) in [6.45, 7) is 3.22. The maximum Gasteiger partial charge on any atom is 0.220 e. The molecular formula is C15H15ClN2O. The van der Waals surface area contributed by atoms with Crippen molar-refractivity contribution in [1.82, 2.24) is 9.47 Å². The quantitative estimate of drug-likeness (QED) is 0.784. The van der Waals surface area contributed by atoms with Crippen LogP contribution >= 0.6 is 11.6 Å². The molecule has 1 atom stereocenters. The monoisotopic (exact) mass is 274 g/mol. The second-order valence-electron chi connectivity index (χ2n) is 4.79. The molecule has 2 heterocycles. The van der Waals surface area contributed by atoms with Crippen LogP contribution in [-0.4, -0.2) is 21.9 Å². The Labute approximate surface area is 117 Å². The number of halogens is 1. The Bertz CT molecular complexity index is 603. The topological polar surface area (TPSA) is 25.2 Å². The van der Waals surface area contributed by atoms with Gasteiger partial charge in [0.25, 0.3) is 0 Å². The molecule has 19 heavy (non-hydrogen) atoms. The number of carbonyl (C=O) groups excluding carboxylic acids is 1. The number of rotatable bonds is 1. The van der Waals surface area contributed by atoms with E-state index in [1.807, 2.05) is 35.2 Å². The third-order valence-electron chi connectivity index (χ3n) is 3.63. The van der Waals surface area contributed by atoms with Crippen LogP contribution in [0.2, 0.25) is 5.02 Å². The summed E-state index contributed by atoms with van der Waals surface area (Å²) in [6, 6.07) is 11.8. The highest BCUT2D eigenvalue weighted by Crippen LogP contribution is 2.32. The van der Waals surface area contributed by atoms with Crippen molar-refractivity contribution >= 4 is 17.5 Å². The van der Waals surface area contributed by atoms with E-state index >= 15 is 0 Å². The Morgan fingerprint density at radius 3 is 2.63 bits per heavy atom. The fraction of sp³-hybridized carbons (Fsp3) is 0.267. The van der Waals surface area contributed by atoms with E-state index in [1.54, 1.807) is 6.92 Å². The van der Waals surface area contributed by atoms with Gasteiger partial charge in [0.15, 0.2) is 0 Å². The van der Waals surface area contributed by atoms with Crippen molar-refractivity contribution in [1.29, 1.82) is 0 Å². The van der Waals surface area contributed by atoms with E-state index in [9.17, 15) is 4.79 Å². The van der Waals surface area contributed by atoms with E-state index in [1.165, 1.54) is 0 Å². The standard InChI is InChI=1S/C15H15ClN2O/c1-11(19)18-10-9-17-8-2-3-14(17)15(18)12-4-6-13(16)7-5-12/h2-8,15H,9-10H2,1H3. The number of aromatic nitrogens is 1. The first-order valence-corrected chi connectivity index (χ1v) is 6.72. The summed E-state index contributed by atoms with van der Waals surface area (Å²) in [4.78, 5) is 13.8. The molecule has 0 spiro atoms. The van der Waals surface area contributed by atoms with Gasteiger partial charge in [-0.15, -0.1) is 0 Å². The summed E-state index contributed by atoms with van der Waals surface area (Å²) >= 11 is 5.94. The van der Waals surface area contributed by atoms with Gasteiger partial charge in [-0.25, -0.2) is 0 Å². The maximum absolute atomic E-state index is 11.9. The van der Waals surface area contributed by atoms with Crippen molar-refractivity contribution in [3.05, 3.63) is 58.9 Å². The Hall–Kier alpha value is -1.74. The Balaban J connectivity index is 2.08. The summed E-state index contributed by atoms with van der Waals surface area (Å²) in [5.41, 5.74) is 2.25. The molecule has 0 N–H and O–H groups in total. The van der Waals surface area contributed by atoms with Crippen molar-refractivity contribution < 1.29 is 4.79 Å². The molecular weight excluding hydrogens is 260 g/mol. The molecule has 0 saturated heterocycles. The van der Waals surface area contributed by atoms with Crippen LogP contribution in [0.4, 0.5) is 0 Å². The normalized spacial score (nSPS) is 18.2. The molecule has 4 heteroatoms. The number of hydrogen-bond donors (Lipinski definition) is 0. The zero-order valence-corrected chi connectivity index (χ0v) is 11.5. The highest BCUT2D eigenvalue weighted by Gasteiger charge is 2.30. The molecule has 0 saturated carbocycles. The van der Waals surface area contributed by atoms with Crippen molar-refractivity contribution in [3.63, 3.8) is 0 Å². The van der Waals surface area contributed by atoms with Gasteiger partial charge in [0.2, 0.25) is 5.91 Å². The minimum atomic E-state index is -0.0153. The number of carbonyl (C=O) groups is 1. The largest absolute Gasteiger partial charge is 0.348 e. The molecule has 2 aromatic rings. The third-order valence-corrected chi connectivity index (χ3v) is 3.88. The van der Waals surface area contributed by atoms with Gasteiger partial charge in [-0.3, -0.25) is 4.79 Å². The predicted molar refractivity (Wildman–Crippen MR) is 75.1 cm³/mol. The Morgan fingerprint density at radius 1 is 1.21 bits per heavy atom. The van der Waals surface area contributed by atoms with Gasteiger partial charge in [-0.1, -0.05) is 23.7 Å². The predicted octanol–water partition coefficient (Wildman–Crippen LogP) is 3.09. The molecule has 1 aliphatic heterocycles.